The number of hydrogen-bond donors (Lipinski definition) is 19. The van der Waals surface area contributed by atoms with Crippen molar-refractivity contribution in [1.29, 1.82) is 0 Å². The molecule has 0 aliphatic carbocycles. The lowest BCUT2D eigenvalue weighted by Gasteiger charge is -2.51. The van der Waals surface area contributed by atoms with Crippen molar-refractivity contribution in [3.63, 3.8) is 0 Å². The molecule has 526 valence electrons. The Morgan fingerprint density at radius 1 is 0.356 bits per heavy atom. The van der Waals surface area contributed by atoms with Gasteiger partial charge in [0, 0.05) is 0 Å². The lowest BCUT2D eigenvalue weighted by molar-refractivity contribution is -0.415. The number of aliphatic hydroxyl groups excluding tert-OH is 18. The van der Waals surface area contributed by atoms with Gasteiger partial charge in [-0.05, 0) is 60.3 Å². The van der Waals surface area contributed by atoms with Crippen molar-refractivity contribution in [2.75, 3.05) is 13.2 Å². The van der Waals surface area contributed by atoms with E-state index in [2.05, 4.69) is 6.92 Å². The molecule has 7 heterocycles. The summed E-state index contributed by atoms with van der Waals surface area (Å²) in [5.74, 6) is -1.19. The third-order valence-electron chi connectivity index (χ3n) is 17.8. The van der Waals surface area contributed by atoms with Crippen LogP contribution < -0.4 is 0 Å². The molecule has 34 heteroatoms. The van der Waals surface area contributed by atoms with Crippen LogP contribution in [0.25, 0.3) is 0 Å². The van der Waals surface area contributed by atoms with Gasteiger partial charge < -0.3 is 163 Å². The van der Waals surface area contributed by atoms with Crippen molar-refractivity contribution in [3.8, 4) is 0 Å². The van der Waals surface area contributed by atoms with Crippen LogP contribution in [0.3, 0.4) is 0 Å². The molecule has 7 fully saturated rings. The third kappa shape index (κ3) is 17.9. The highest BCUT2D eigenvalue weighted by molar-refractivity contribution is 5.67. The Morgan fingerprint density at radius 2 is 0.722 bits per heavy atom. The van der Waals surface area contributed by atoms with E-state index in [0.29, 0.717) is 19.3 Å². The maximum atomic E-state index is 12.6. The van der Waals surface area contributed by atoms with E-state index in [4.69, 9.17) is 66.3 Å². The first-order chi connectivity index (χ1) is 42.5. The van der Waals surface area contributed by atoms with Crippen LogP contribution in [0.15, 0.2) is 0 Å². The number of aliphatic carboxylic acids is 1. The van der Waals surface area contributed by atoms with Crippen molar-refractivity contribution in [3.05, 3.63) is 0 Å². The predicted octanol–water partition coefficient (Wildman–Crippen LogP) is -7.38. The zero-order chi connectivity index (χ0) is 66.3. The number of aliphatic hydroxyl groups is 18. The first-order valence-electron chi connectivity index (χ1n) is 31.0. The Bertz CT molecular complexity index is 2130. The van der Waals surface area contributed by atoms with Crippen molar-refractivity contribution in [2.45, 2.75) is 333 Å². The van der Waals surface area contributed by atoms with Gasteiger partial charge in [-0.15, -0.1) is 0 Å². The van der Waals surface area contributed by atoms with E-state index in [9.17, 15) is 102 Å². The Morgan fingerprint density at radius 3 is 1.21 bits per heavy atom. The fourth-order valence-corrected chi connectivity index (χ4v) is 12.1. The predicted molar refractivity (Wildman–Crippen MR) is 293 cm³/mol. The van der Waals surface area contributed by atoms with E-state index in [1.165, 1.54) is 34.6 Å². The first-order valence-corrected chi connectivity index (χ1v) is 31.0. The minimum Gasteiger partial charge on any atom is -0.481 e. The number of ether oxygens (including phenoxy) is 14. The van der Waals surface area contributed by atoms with Gasteiger partial charge in [-0.2, -0.15) is 0 Å². The molecule has 37 atom stereocenters. The molecular weight excluding hydrogens is 1220 g/mol. The zero-order valence-electron chi connectivity index (χ0n) is 51.0. The molecule has 7 saturated heterocycles. The fourth-order valence-electron chi connectivity index (χ4n) is 12.1. The van der Waals surface area contributed by atoms with Gasteiger partial charge in [-0.1, -0.05) is 39.0 Å². The van der Waals surface area contributed by atoms with E-state index < -0.39 is 253 Å². The highest BCUT2D eigenvalue weighted by atomic mass is 16.8. The molecule has 7 rings (SSSR count). The van der Waals surface area contributed by atoms with E-state index in [1.54, 1.807) is 0 Å². The lowest BCUT2D eigenvalue weighted by atomic mass is 9.95. The van der Waals surface area contributed by atoms with Crippen molar-refractivity contribution >= 4 is 5.97 Å². The monoisotopic (exact) mass is 1310 g/mol. The summed E-state index contributed by atoms with van der Waals surface area (Å²) in [5.41, 5.74) is 0. The highest BCUT2D eigenvalue weighted by Crippen LogP contribution is 2.40. The SMILES string of the molecule is CCCCCCC[C@@H](CCC[C@H](O)CC(=O)O)O[C@@H]1O[C@H](C)[C@H](O)[C@H](O)[C@H]1O[C@@H]1O[C@H](CO)[C@@H](O)[C@H](O)[C@H]1O[C@@H]1O[C@@H](C)[C@H](O[C@@H]2O[C@H](C)[C@@H](O)[C@H](O)[C@H]2O)[C@@H](O[C@@H]2O[C@H](CO)[C@@H](O)[C@H](O)[C@H]2O[C@@H]2O[C@H](C)[C@@H](O)[C@H](O[C@@H]3O[C@@H](C)[C@H](O)[C@@H](O)[C@H]3O)[C@H]2O)[C@H]1O. The molecule has 90 heavy (non-hydrogen) atoms. The average molecular weight is 1320 g/mol. The molecule has 0 aromatic rings. The van der Waals surface area contributed by atoms with Gasteiger partial charge in [0.25, 0.3) is 0 Å². The standard InChI is InChI=1S/C56H98O34/c1-7-8-9-10-11-14-25(15-12-13-24(59)16-28(60)61)82-54-47(37(70)31(64)21(4)80-54)90-56-49(39(72)34(67)27(18-58)84-56)89-53-43(76)46(44(23(6)81-53)85-50-40(73)35(68)29(62)19(2)77-50)87-55-48(38(71)33(66)26(17-57)83-55)88-52-42(75)45(32(65)22(5)79-52)86-51-41(74)36(69)30(63)20(3)78-51/h19-27,29-59,62-76H,7-18H2,1-6H3,(H,60,61)/t19-,20+,21-,22-,23+,24+,25+,26-,27-,29-,30+,31+,32-,33-,34-,35+,36-,37+,38+,39+,40-,41-,42-,43-,44+,45+,46+,47-,48-,49-,50+,51+,52+,53+,54+,55+,56+/m1/s1. The van der Waals surface area contributed by atoms with Crippen LogP contribution in [0.4, 0.5) is 0 Å². The summed E-state index contributed by atoms with van der Waals surface area (Å²) in [6.45, 7) is 6.87. The second-order valence-electron chi connectivity index (χ2n) is 24.6. The zero-order valence-corrected chi connectivity index (χ0v) is 51.0. The number of rotatable bonds is 28. The molecule has 0 radical (unpaired) electrons. The number of carboxylic acids is 1. The molecule has 0 unspecified atom stereocenters. The normalized spacial score (nSPS) is 48.6. The second kappa shape index (κ2) is 33.9. The van der Waals surface area contributed by atoms with Crippen LogP contribution in [0, 0.1) is 0 Å². The topological polar surface area (TPSA) is 531 Å². The summed E-state index contributed by atoms with van der Waals surface area (Å²) in [4.78, 5) is 11.3. The van der Waals surface area contributed by atoms with Gasteiger partial charge in [0.2, 0.25) is 0 Å². The van der Waals surface area contributed by atoms with Gasteiger partial charge in [0.15, 0.2) is 44.0 Å². The van der Waals surface area contributed by atoms with Gasteiger partial charge >= 0.3 is 5.97 Å². The molecular formula is C56H98O34. The summed E-state index contributed by atoms with van der Waals surface area (Å²) in [5, 5.41) is 209. The summed E-state index contributed by atoms with van der Waals surface area (Å²) in [6.07, 6.45) is -60.0. The van der Waals surface area contributed by atoms with Gasteiger partial charge in [0.1, 0.15) is 140 Å². The number of carbonyl (C=O) groups is 1. The average Bonchev–Trinajstić information content (AvgIpc) is 0.862. The molecule has 19 N–H and O–H groups in total. The number of unbranched alkanes of at least 4 members (excludes halogenated alkanes) is 4. The van der Waals surface area contributed by atoms with Gasteiger partial charge in [0.05, 0.1) is 62.4 Å². The Balaban J connectivity index is 1.19. The van der Waals surface area contributed by atoms with E-state index in [-0.39, 0.29) is 12.8 Å². The van der Waals surface area contributed by atoms with Crippen molar-refractivity contribution < 1.29 is 168 Å². The van der Waals surface area contributed by atoms with E-state index >= 15 is 0 Å². The third-order valence-corrected chi connectivity index (χ3v) is 17.8. The summed E-state index contributed by atoms with van der Waals surface area (Å²) < 4.78 is 84.9. The highest BCUT2D eigenvalue weighted by Gasteiger charge is 2.59. The largest absolute Gasteiger partial charge is 0.481 e. The minimum absolute atomic E-state index is 0.0975. The number of hydrogen-bond acceptors (Lipinski definition) is 33. The molecule has 7 aliphatic rings. The fraction of sp³-hybridized carbons (Fsp3) is 0.982. The Kier molecular flexibility index (Phi) is 28.5. The Hall–Kier alpha value is -1.81. The molecule has 0 amide bonds. The van der Waals surface area contributed by atoms with E-state index in [1.807, 2.05) is 0 Å². The molecule has 0 saturated carbocycles. The maximum absolute atomic E-state index is 12.6. The van der Waals surface area contributed by atoms with Crippen LogP contribution in [0.1, 0.15) is 106 Å². The summed E-state index contributed by atoms with van der Waals surface area (Å²) >= 11 is 0. The molecule has 0 bridgehead atoms. The summed E-state index contributed by atoms with van der Waals surface area (Å²) in [6, 6.07) is 0. The lowest BCUT2D eigenvalue weighted by Crippen LogP contribution is -2.69. The minimum atomic E-state index is -2.29. The van der Waals surface area contributed by atoms with Crippen molar-refractivity contribution in [2.24, 2.45) is 0 Å². The molecule has 34 nitrogen and oxygen atoms in total. The van der Waals surface area contributed by atoms with Crippen molar-refractivity contribution in [1.82, 2.24) is 0 Å². The Labute approximate surface area is 519 Å². The van der Waals surface area contributed by atoms with Crippen LogP contribution >= 0.6 is 0 Å². The first kappa shape index (κ1) is 75.6. The van der Waals surface area contributed by atoms with E-state index in [0.717, 1.165) is 25.7 Å². The summed E-state index contributed by atoms with van der Waals surface area (Å²) in [7, 11) is 0. The van der Waals surface area contributed by atoms with Crippen LogP contribution in [-0.4, -0.2) is 343 Å². The second-order valence-corrected chi connectivity index (χ2v) is 24.6. The van der Waals surface area contributed by atoms with Crippen LogP contribution in [0.5, 0.6) is 0 Å². The molecule has 7 aliphatic heterocycles. The maximum Gasteiger partial charge on any atom is 0.305 e. The van der Waals surface area contributed by atoms with Gasteiger partial charge in [-0.25, -0.2) is 0 Å². The quantitative estimate of drug-likeness (QED) is 0.0324. The molecule has 0 spiro atoms. The van der Waals surface area contributed by atoms with Crippen LogP contribution in [-0.2, 0) is 71.1 Å². The number of carboxylic acid groups (broad SMARTS) is 1. The van der Waals surface area contributed by atoms with Gasteiger partial charge in [-0.3, -0.25) is 4.79 Å². The smallest absolute Gasteiger partial charge is 0.305 e. The molecule has 0 aromatic carbocycles. The molecule has 0 aromatic heterocycles. The van der Waals surface area contributed by atoms with Crippen LogP contribution in [0.2, 0.25) is 0 Å².